The molecule has 0 spiro atoms. The Hall–Kier alpha value is -0.0300. The predicted molar refractivity (Wildman–Crippen MR) is 81.0 cm³/mol. The Balaban J connectivity index is 1.91. The van der Waals surface area contributed by atoms with E-state index in [4.69, 9.17) is 28.9 Å². The van der Waals surface area contributed by atoms with Crippen LogP contribution in [0.15, 0.2) is 0 Å². The third-order valence-corrected chi connectivity index (χ3v) is 5.97. The smallest absolute Gasteiger partial charge is 0.219 e. The number of nitrogens with zero attached hydrogens (tertiary/aromatic N) is 1. The molecule has 1 saturated heterocycles. The summed E-state index contributed by atoms with van der Waals surface area (Å²) >= 11 is 12.3. The second-order valence-corrected chi connectivity index (χ2v) is 7.28. The maximum absolute atomic E-state index is 11.3. The topological polar surface area (TPSA) is 66.6 Å². The standard InChI is InChI=1S/C14H24Cl2N2O2/c1-8(19)18-4-2-9(3-5-18)14(17)10-6-11(15)12(16)7-13(10)20/h9-14,20H,2-7,17H2,1H3/t10?,11?,12?,13?,14-/m1/s1. The van der Waals surface area contributed by atoms with Crippen molar-refractivity contribution in [1.29, 1.82) is 0 Å². The summed E-state index contributed by atoms with van der Waals surface area (Å²) in [5.74, 6) is 0.489. The summed E-state index contributed by atoms with van der Waals surface area (Å²) < 4.78 is 0. The summed E-state index contributed by atoms with van der Waals surface area (Å²) in [6.07, 6.45) is 2.53. The second kappa shape index (κ2) is 6.82. The average molecular weight is 323 g/mol. The first-order valence-electron chi connectivity index (χ1n) is 7.37. The maximum Gasteiger partial charge on any atom is 0.219 e. The zero-order valence-electron chi connectivity index (χ0n) is 11.8. The Bertz CT molecular complexity index is 348. The summed E-state index contributed by atoms with van der Waals surface area (Å²) in [6, 6.07) is -0.0653. The van der Waals surface area contributed by atoms with Crippen molar-refractivity contribution in [1.82, 2.24) is 4.90 Å². The van der Waals surface area contributed by atoms with Gasteiger partial charge in [0.2, 0.25) is 5.91 Å². The van der Waals surface area contributed by atoms with Crippen LogP contribution in [0, 0.1) is 11.8 Å². The molecule has 2 rings (SSSR count). The molecule has 3 N–H and O–H groups in total. The number of piperidine rings is 1. The van der Waals surface area contributed by atoms with Crippen molar-refractivity contribution in [2.45, 2.75) is 55.5 Å². The third kappa shape index (κ3) is 3.59. The van der Waals surface area contributed by atoms with E-state index in [2.05, 4.69) is 0 Å². The monoisotopic (exact) mass is 322 g/mol. The molecule has 6 heteroatoms. The molecule has 5 atom stereocenters. The molecular weight excluding hydrogens is 299 g/mol. The highest BCUT2D eigenvalue weighted by molar-refractivity contribution is 6.30. The van der Waals surface area contributed by atoms with Crippen LogP contribution in [-0.4, -0.2) is 51.9 Å². The highest BCUT2D eigenvalue weighted by atomic mass is 35.5. The van der Waals surface area contributed by atoms with Crippen LogP contribution in [0.1, 0.15) is 32.6 Å². The van der Waals surface area contributed by atoms with E-state index >= 15 is 0 Å². The van der Waals surface area contributed by atoms with Crippen LogP contribution in [-0.2, 0) is 4.79 Å². The Morgan fingerprint density at radius 3 is 2.35 bits per heavy atom. The molecule has 1 amide bonds. The molecular formula is C14H24Cl2N2O2. The Labute approximate surface area is 130 Å². The number of carbonyl (C=O) groups is 1. The van der Waals surface area contributed by atoms with Gasteiger partial charge >= 0.3 is 0 Å². The molecule has 0 aromatic carbocycles. The van der Waals surface area contributed by atoms with Crippen molar-refractivity contribution >= 4 is 29.1 Å². The van der Waals surface area contributed by atoms with Crippen molar-refractivity contribution < 1.29 is 9.90 Å². The van der Waals surface area contributed by atoms with Gasteiger partial charge in [0, 0.05) is 32.0 Å². The number of hydrogen-bond acceptors (Lipinski definition) is 3. The van der Waals surface area contributed by atoms with Gasteiger partial charge in [-0.05, 0) is 31.6 Å². The quantitative estimate of drug-likeness (QED) is 0.758. The normalized spacial score (nSPS) is 37.8. The molecule has 0 aromatic rings. The van der Waals surface area contributed by atoms with E-state index < -0.39 is 6.10 Å². The highest BCUT2D eigenvalue weighted by Gasteiger charge is 2.40. The van der Waals surface area contributed by atoms with Crippen molar-refractivity contribution in [2.75, 3.05) is 13.1 Å². The number of rotatable bonds is 2. The molecule has 4 unspecified atom stereocenters. The minimum atomic E-state index is -0.465. The van der Waals surface area contributed by atoms with Crippen LogP contribution in [0.3, 0.4) is 0 Å². The largest absolute Gasteiger partial charge is 0.393 e. The molecule has 116 valence electrons. The van der Waals surface area contributed by atoms with Crippen molar-refractivity contribution in [3.05, 3.63) is 0 Å². The fraction of sp³-hybridized carbons (Fsp3) is 0.929. The molecule has 4 nitrogen and oxygen atoms in total. The van der Waals surface area contributed by atoms with Gasteiger partial charge in [-0.2, -0.15) is 0 Å². The van der Waals surface area contributed by atoms with Crippen LogP contribution < -0.4 is 5.73 Å². The Kier molecular flexibility index (Phi) is 5.57. The van der Waals surface area contributed by atoms with Crippen molar-refractivity contribution in [3.63, 3.8) is 0 Å². The van der Waals surface area contributed by atoms with Crippen LogP contribution >= 0.6 is 23.2 Å². The number of nitrogens with two attached hydrogens (primary N) is 1. The molecule has 1 heterocycles. The number of amides is 1. The number of carbonyl (C=O) groups excluding carboxylic acids is 1. The van der Waals surface area contributed by atoms with E-state index in [1.165, 1.54) is 0 Å². The molecule has 1 aliphatic carbocycles. The lowest BCUT2D eigenvalue weighted by atomic mass is 9.74. The predicted octanol–water partition coefficient (Wildman–Crippen LogP) is 1.56. The fourth-order valence-corrected chi connectivity index (χ4v) is 4.07. The van der Waals surface area contributed by atoms with Gasteiger partial charge in [-0.15, -0.1) is 23.2 Å². The molecule has 2 aliphatic rings. The van der Waals surface area contributed by atoms with E-state index in [0.29, 0.717) is 18.8 Å². The van der Waals surface area contributed by atoms with Gasteiger partial charge < -0.3 is 15.7 Å². The third-order valence-electron chi connectivity index (χ3n) is 4.87. The van der Waals surface area contributed by atoms with Gasteiger partial charge in [-0.25, -0.2) is 0 Å². The van der Waals surface area contributed by atoms with Crippen molar-refractivity contribution in [3.8, 4) is 0 Å². The van der Waals surface area contributed by atoms with E-state index in [9.17, 15) is 9.90 Å². The molecule has 2 fully saturated rings. The first-order valence-corrected chi connectivity index (χ1v) is 8.24. The zero-order chi connectivity index (χ0) is 14.9. The summed E-state index contributed by atoms with van der Waals surface area (Å²) in [6.45, 7) is 3.13. The first kappa shape index (κ1) is 16.3. The van der Waals surface area contributed by atoms with Crippen molar-refractivity contribution in [2.24, 2.45) is 17.6 Å². The molecule has 0 aromatic heterocycles. The number of hydrogen-bond donors (Lipinski definition) is 2. The van der Waals surface area contributed by atoms with Crippen LogP contribution in [0.25, 0.3) is 0 Å². The Morgan fingerprint density at radius 2 is 1.80 bits per heavy atom. The Morgan fingerprint density at radius 1 is 1.25 bits per heavy atom. The summed E-state index contributed by atoms with van der Waals surface area (Å²) in [4.78, 5) is 13.2. The summed E-state index contributed by atoms with van der Waals surface area (Å²) in [7, 11) is 0. The fourth-order valence-electron chi connectivity index (χ4n) is 3.48. The minimum absolute atomic E-state index is 0.0152. The summed E-state index contributed by atoms with van der Waals surface area (Å²) in [5.41, 5.74) is 6.38. The summed E-state index contributed by atoms with van der Waals surface area (Å²) in [5, 5.41) is 9.92. The first-order chi connectivity index (χ1) is 9.40. The molecule has 0 radical (unpaired) electrons. The second-order valence-electron chi connectivity index (χ2n) is 6.16. The lowest BCUT2D eigenvalue weighted by molar-refractivity contribution is -0.130. The maximum atomic E-state index is 11.3. The lowest BCUT2D eigenvalue weighted by Gasteiger charge is -2.42. The SMILES string of the molecule is CC(=O)N1CCC([C@@H](N)C2CC(Cl)C(Cl)CC2O)CC1. The molecule has 1 aliphatic heterocycles. The zero-order valence-corrected chi connectivity index (χ0v) is 13.4. The number of aliphatic hydroxyl groups excluding tert-OH is 1. The van der Waals surface area contributed by atoms with E-state index in [1.54, 1.807) is 6.92 Å². The molecule has 1 saturated carbocycles. The van der Waals surface area contributed by atoms with Crippen LogP contribution in [0.2, 0.25) is 0 Å². The van der Waals surface area contributed by atoms with Gasteiger partial charge in [0.05, 0.1) is 16.9 Å². The number of likely N-dealkylation sites (tertiary alicyclic amines) is 1. The number of halogens is 2. The van der Waals surface area contributed by atoms with Gasteiger partial charge in [-0.3, -0.25) is 4.79 Å². The van der Waals surface area contributed by atoms with Crippen LogP contribution in [0.5, 0.6) is 0 Å². The minimum Gasteiger partial charge on any atom is -0.393 e. The van der Waals surface area contributed by atoms with Gasteiger partial charge in [-0.1, -0.05) is 0 Å². The van der Waals surface area contributed by atoms with Gasteiger partial charge in [0.1, 0.15) is 0 Å². The number of aliphatic hydroxyl groups is 1. The number of alkyl halides is 2. The highest BCUT2D eigenvalue weighted by Crippen LogP contribution is 2.36. The van der Waals surface area contributed by atoms with E-state index in [1.807, 2.05) is 4.90 Å². The van der Waals surface area contributed by atoms with Gasteiger partial charge in [0.15, 0.2) is 0 Å². The van der Waals surface area contributed by atoms with Crippen LogP contribution in [0.4, 0.5) is 0 Å². The average Bonchev–Trinajstić information content (AvgIpc) is 2.42. The molecule has 0 bridgehead atoms. The van der Waals surface area contributed by atoms with E-state index in [0.717, 1.165) is 25.9 Å². The van der Waals surface area contributed by atoms with E-state index in [-0.39, 0.29) is 28.6 Å². The lowest BCUT2D eigenvalue weighted by Crippen LogP contribution is -2.51. The van der Waals surface area contributed by atoms with Gasteiger partial charge in [0.25, 0.3) is 0 Å². The molecule has 20 heavy (non-hydrogen) atoms.